The van der Waals surface area contributed by atoms with E-state index in [0.717, 1.165) is 22.4 Å². The molecule has 0 atom stereocenters. The third-order valence-electron chi connectivity index (χ3n) is 5.09. The zero-order chi connectivity index (χ0) is 21.6. The average molecular weight is 409 g/mol. The van der Waals surface area contributed by atoms with Crippen LogP contribution in [0.15, 0.2) is 85.1 Å². The molecule has 0 saturated heterocycles. The number of hydrogen-bond acceptors (Lipinski definition) is 4. The second-order valence-corrected chi connectivity index (χ2v) is 7.44. The number of benzene rings is 3. The molecule has 0 aliphatic rings. The summed E-state index contributed by atoms with van der Waals surface area (Å²) in [6.07, 6.45) is 1.73. The molecular weight excluding hydrogens is 384 g/mol. The Labute approximate surface area is 182 Å². The molecule has 0 bridgehead atoms. The van der Waals surface area contributed by atoms with Crippen LogP contribution in [0.25, 0.3) is 11.4 Å². The molecule has 3 aromatic carbocycles. The predicted molar refractivity (Wildman–Crippen MR) is 124 cm³/mol. The van der Waals surface area contributed by atoms with Gasteiger partial charge in [0.15, 0.2) is 5.82 Å². The van der Waals surface area contributed by atoms with Crippen LogP contribution in [0.4, 0.5) is 11.5 Å². The first-order valence-corrected chi connectivity index (χ1v) is 10.2. The minimum Gasteiger partial charge on any atom is -0.348 e. The molecule has 0 saturated carbocycles. The number of anilines is 2. The molecule has 4 rings (SSSR count). The molecule has 0 fully saturated rings. The van der Waals surface area contributed by atoms with Gasteiger partial charge in [0.05, 0.1) is 0 Å². The van der Waals surface area contributed by atoms with Gasteiger partial charge in [0.1, 0.15) is 5.82 Å². The van der Waals surface area contributed by atoms with Crippen LogP contribution < -0.4 is 10.6 Å². The largest absolute Gasteiger partial charge is 0.348 e. The fourth-order valence-corrected chi connectivity index (χ4v) is 3.21. The van der Waals surface area contributed by atoms with E-state index in [2.05, 4.69) is 27.5 Å². The average Bonchev–Trinajstić information content (AvgIpc) is 2.79. The highest BCUT2D eigenvalue weighted by atomic mass is 16.1. The van der Waals surface area contributed by atoms with Crippen LogP contribution in [-0.2, 0) is 6.54 Å². The number of hydrogen-bond donors (Lipinski definition) is 2. The Morgan fingerprint density at radius 3 is 2.35 bits per heavy atom. The van der Waals surface area contributed by atoms with Crippen LogP contribution in [0.5, 0.6) is 0 Å². The first-order valence-electron chi connectivity index (χ1n) is 10.2. The smallest absolute Gasteiger partial charge is 0.251 e. The maximum Gasteiger partial charge on any atom is 0.251 e. The quantitative estimate of drug-likeness (QED) is 0.446. The van der Waals surface area contributed by atoms with Crippen molar-refractivity contribution in [2.45, 2.75) is 20.4 Å². The molecule has 0 aliphatic heterocycles. The summed E-state index contributed by atoms with van der Waals surface area (Å²) in [5.74, 6) is 1.26. The van der Waals surface area contributed by atoms with Crippen molar-refractivity contribution in [3.05, 3.63) is 107 Å². The van der Waals surface area contributed by atoms with E-state index < -0.39 is 0 Å². The van der Waals surface area contributed by atoms with Crippen LogP contribution in [-0.4, -0.2) is 15.9 Å². The fraction of sp³-hybridized carbons (Fsp3) is 0.115. The second-order valence-electron chi connectivity index (χ2n) is 7.44. The van der Waals surface area contributed by atoms with Crippen molar-refractivity contribution in [3.8, 4) is 11.4 Å². The van der Waals surface area contributed by atoms with Gasteiger partial charge < -0.3 is 10.6 Å². The maximum atomic E-state index is 12.5. The highest BCUT2D eigenvalue weighted by Gasteiger charge is 2.07. The van der Waals surface area contributed by atoms with Gasteiger partial charge in [0, 0.05) is 29.6 Å². The Balaban J connectivity index is 1.40. The molecule has 5 heteroatoms. The summed E-state index contributed by atoms with van der Waals surface area (Å²) in [5, 5.41) is 6.25. The lowest BCUT2D eigenvalue weighted by atomic mass is 10.1. The molecule has 0 spiro atoms. The minimum atomic E-state index is -0.0986. The summed E-state index contributed by atoms with van der Waals surface area (Å²) in [4.78, 5) is 21.4. The molecule has 1 aromatic heterocycles. The maximum absolute atomic E-state index is 12.5. The van der Waals surface area contributed by atoms with Gasteiger partial charge in [0.2, 0.25) is 0 Å². The summed E-state index contributed by atoms with van der Waals surface area (Å²) >= 11 is 0. The number of aryl methyl sites for hydroxylation is 2. The Morgan fingerprint density at radius 2 is 1.61 bits per heavy atom. The zero-order valence-corrected chi connectivity index (χ0v) is 17.6. The Bertz CT molecular complexity index is 1180. The van der Waals surface area contributed by atoms with Gasteiger partial charge in [-0.3, -0.25) is 4.79 Å². The highest BCUT2D eigenvalue weighted by molar-refractivity contribution is 5.94. The monoisotopic (exact) mass is 408 g/mol. The van der Waals surface area contributed by atoms with Gasteiger partial charge in [-0.15, -0.1) is 0 Å². The number of amides is 1. The van der Waals surface area contributed by atoms with Gasteiger partial charge in [-0.2, -0.15) is 0 Å². The SMILES string of the molecule is Cc1ccc(-c2nccc(Nc3ccc(C(=O)NCc4ccccc4C)cc3)n2)cc1. The number of carbonyl (C=O) groups excluding carboxylic acids is 1. The van der Waals surface area contributed by atoms with Gasteiger partial charge in [0.25, 0.3) is 5.91 Å². The van der Waals surface area contributed by atoms with E-state index in [0.29, 0.717) is 23.8 Å². The third-order valence-corrected chi connectivity index (χ3v) is 5.09. The molecule has 0 unspecified atom stereocenters. The number of carbonyl (C=O) groups is 1. The van der Waals surface area contributed by atoms with E-state index in [9.17, 15) is 4.79 Å². The topological polar surface area (TPSA) is 66.9 Å². The molecule has 31 heavy (non-hydrogen) atoms. The Morgan fingerprint density at radius 1 is 0.871 bits per heavy atom. The van der Waals surface area contributed by atoms with Gasteiger partial charge >= 0.3 is 0 Å². The van der Waals surface area contributed by atoms with E-state index in [1.54, 1.807) is 18.3 Å². The third kappa shape index (κ3) is 5.14. The van der Waals surface area contributed by atoms with Crippen molar-refractivity contribution in [1.82, 2.24) is 15.3 Å². The summed E-state index contributed by atoms with van der Waals surface area (Å²) in [6, 6.07) is 25.3. The van der Waals surface area contributed by atoms with Gasteiger partial charge in [-0.1, -0.05) is 54.1 Å². The number of nitrogens with one attached hydrogen (secondary N) is 2. The van der Waals surface area contributed by atoms with Crippen molar-refractivity contribution >= 4 is 17.4 Å². The van der Waals surface area contributed by atoms with E-state index in [1.165, 1.54) is 5.56 Å². The van der Waals surface area contributed by atoms with Gasteiger partial charge in [-0.25, -0.2) is 9.97 Å². The summed E-state index contributed by atoms with van der Waals surface area (Å²) < 4.78 is 0. The van der Waals surface area contributed by atoms with Crippen molar-refractivity contribution in [2.75, 3.05) is 5.32 Å². The normalized spacial score (nSPS) is 10.5. The molecule has 1 heterocycles. The van der Waals surface area contributed by atoms with Crippen molar-refractivity contribution < 1.29 is 4.79 Å². The van der Waals surface area contributed by atoms with Crippen LogP contribution >= 0.6 is 0 Å². The summed E-state index contributed by atoms with van der Waals surface area (Å²) in [5.41, 5.74) is 5.90. The first-order chi connectivity index (χ1) is 15.1. The molecule has 2 N–H and O–H groups in total. The number of aromatic nitrogens is 2. The van der Waals surface area contributed by atoms with Crippen molar-refractivity contribution in [2.24, 2.45) is 0 Å². The number of rotatable bonds is 6. The molecule has 0 radical (unpaired) electrons. The van der Waals surface area contributed by atoms with E-state index in [-0.39, 0.29) is 5.91 Å². The standard InChI is InChI=1S/C26H24N4O/c1-18-7-9-20(10-8-18)25-27-16-15-24(30-25)29-23-13-11-21(12-14-23)26(31)28-17-22-6-4-3-5-19(22)2/h3-16H,17H2,1-2H3,(H,28,31)(H,27,29,30). The lowest BCUT2D eigenvalue weighted by molar-refractivity contribution is 0.0951. The Kier molecular flexibility index (Phi) is 6.03. The second kappa shape index (κ2) is 9.22. The fourth-order valence-electron chi connectivity index (χ4n) is 3.21. The summed E-state index contributed by atoms with van der Waals surface area (Å²) in [6.45, 7) is 4.60. The first kappa shape index (κ1) is 20.3. The zero-order valence-electron chi connectivity index (χ0n) is 17.6. The molecule has 1 amide bonds. The molecule has 4 aromatic rings. The summed E-state index contributed by atoms with van der Waals surface area (Å²) in [7, 11) is 0. The minimum absolute atomic E-state index is 0.0986. The lowest BCUT2D eigenvalue weighted by Gasteiger charge is -2.10. The molecule has 154 valence electrons. The molecule has 0 aliphatic carbocycles. The Hall–Kier alpha value is -3.99. The number of nitrogens with zero attached hydrogens (tertiary/aromatic N) is 2. The predicted octanol–water partition coefficient (Wildman–Crippen LogP) is 5.43. The van der Waals surface area contributed by atoms with Crippen LogP contribution in [0.1, 0.15) is 27.0 Å². The highest BCUT2D eigenvalue weighted by Crippen LogP contribution is 2.20. The van der Waals surface area contributed by atoms with Crippen molar-refractivity contribution in [1.29, 1.82) is 0 Å². The lowest BCUT2D eigenvalue weighted by Crippen LogP contribution is -2.23. The van der Waals surface area contributed by atoms with Crippen LogP contribution in [0.3, 0.4) is 0 Å². The molecular formula is C26H24N4O. The van der Waals surface area contributed by atoms with Crippen LogP contribution in [0.2, 0.25) is 0 Å². The van der Waals surface area contributed by atoms with Crippen molar-refractivity contribution in [3.63, 3.8) is 0 Å². The van der Waals surface area contributed by atoms with Gasteiger partial charge in [-0.05, 0) is 55.3 Å². The van der Waals surface area contributed by atoms with E-state index >= 15 is 0 Å². The molecule has 5 nitrogen and oxygen atoms in total. The van der Waals surface area contributed by atoms with E-state index in [1.807, 2.05) is 73.7 Å². The van der Waals surface area contributed by atoms with Crippen LogP contribution in [0, 0.1) is 13.8 Å². The van der Waals surface area contributed by atoms with E-state index in [4.69, 9.17) is 0 Å².